The van der Waals surface area contributed by atoms with Crippen molar-refractivity contribution in [3.05, 3.63) is 41.3 Å². The Hall–Kier alpha value is -2.68. The second-order valence-electron chi connectivity index (χ2n) is 7.89. The van der Waals surface area contributed by atoms with E-state index in [0.29, 0.717) is 6.04 Å². The molecule has 1 N–H and O–H groups in total. The fourth-order valence-corrected chi connectivity index (χ4v) is 4.01. The molecule has 6 nitrogen and oxygen atoms in total. The van der Waals surface area contributed by atoms with Gasteiger partial charge >= 0.3 is 12.1 Å². The molecule has 166 valence electrons. The summed E-state index contributed by atoms with van der Waals surface area (Å²) in [6.07, 6.45) is 5.19. The summed E-state index contributed by atoms with van der Waals surface area (Å²) in [7, 11) is 0. The quantitative estimate of drug-likeness (QED) is 0.491. The molecule has 1 aliphatic heterocycles. The van der Waals surface area contributed by atoms with Crippen molar-refractivity contribution < 1.29 is 17.7 Å². The number of nitrogens with zero attached hydrogens (tertiary/aromatic N) is 4. The van der Waals surface area contributed by atoms with Crippen LogP contribution in [0.4, 0.5) is 13.2 Å². The summed E-state index contributed by atoms with van der Waals surface area (Å²) >= 11 is 0. The molecule has 1 atom stereocenters. The average Bonchev–Trinajstić information content (AvgIpc) is 3.48. The van der Waals surface area contributed by atoms with Gasteiger partial charge in [0.15, 0.2) is 5.82 Å². The first kappa shape index (κ1) is 21.5. The standard InChI is InChI=1S/C22H26F3N5O/c1-2-3-4-5-6-20-27-17-13-15(7-9-18(17)30(20)16-11-12-26-14-16)8-10-19-28-21(31-29-19)22(23,24)25/h7-10,13,16,26H,2-6,11-12,14H2,1H3/b10-8+. The van der Waals surface area contributed by atoms with Crippen LogP contribution in [0.25, 0.3) is 23.2 Å². The lowest BCUT2D eigenvalue weighted by molar-refractivity contribution is -0.159. The molecule has 1 aromatic carbocycles. The van der Waals surface area contributed by atoms with E-state index in [9.17, 15) is 13.2 Å². The van der Waals surface area contributed by atoms with Crippen molar-refractivity contribution in [3.63, 3.8) is 0 Å². The second-order valence-corrected chi connectivity index (χ2v) is 7.89. The number of benzene rings is 1. The lowest BCUT2D eigenvalue weighted by Gasteiger charge is -2.16. The molecule has 31 heavy (non-hydrogen) atoms. The number of aromatic nitrogens is 4. The van der Waals surface area contributed by atoms with Crippen molar-refractivity contribution in [1.82, 2.24) is 25.0 Å². The highest BCUT2D eigenvalue weighted by atomic mass is 19.4. The SMILES string of the molecule is CCCCCCc1nc2cc(/C=C/c3noc(C(F)(F)F)n3)ccc2n1C1CCNC1. The van der Waals surface area contributed by atoms with E-state index in [2.05, 4.69) is 31.5 Å². The molecule has 3 heterocycles. The van der Waals surface area contributed by atoms with Crippen molar-refractivity contribution in [2.45, 2.75) is 57.7 Å². The molecular weight excluding hydrogens is 407 g/mol. The monoisotopic (exact) mass is 433 g/mol. The highest BCUT2D eigenvalue weighted by Crippen LogP contribution is 2.29. The summed E-state index contributed by atoms with van der Waals surface area (Å²) < 4.78 is 44.4. The number of halogens is 3. The fraction of sp³-hybridized carbons (Fsp3) is 0.500. The number of rotatable bonds is 8. The van der Waals surface area contributed by atoms with Crippen molar-refractivity contribution in [2.75, 3.05) is 13.1 Å². The van der Waals surface area contributed by atoms with Crippen molar-refractivity contribution in [3.8, 4) is 0 Å². The Kier molecular flexibility index (Phi) is 6.41. The zero-order chi connectivity index (χ0) is 21.8. The predicted molar refractivity (Wildman–Crippen MR) is 112 cm³/mol. The highest BCUT2D eigenvalue weighted by Gasteiger charge is 2.38. The molecule has 0 saturated carbocycles. The molecule has 1 fully saturated rings. The Bertz CT molecular complexity index is 1050. The van der Waals surface area contributed by atoms with Gasteiger partial charge in [0.1, 0.15) is 5.82 Å². The van der Waals surface area contributed by atoms with Crippen LogP contribution in [0.2, 0.25) is 0 Å². The Labute approximate surface area is 178 Å². The zero-order valence-corrected chi connectivity index (χ0v) is 17.5. The van der Waals surface area contributed by atoms with Gasteiger partial charge < -0.3 is 14.4 Å². The van der Waals surface area contributed by atoms with E-state index in [-0.39, 0.29) is 5.82 Å². The summed E-state index contributed by atoms with van der Waals surface area (Å²) in [5.41, 5.74) is 2.80. The topological polar surface area (TPSA) is 68.8 Å². The minimum absolute atomic E-state index is 0.119. The Morgan fingerprint density at radius 2 is 2.06 bits per heavy atom. The van der Waals surface area contributed by atoms with Gasteiger partial charge in [-0.3, -0.25) is 0 Å². The van der Waals surface area contributed by atoms with Crippen LogP contribution in [-0.4, -0.2) is 32.8 Å². The molecule has 0 spiro atoms. The molecule has 0 amide bonds. The van der Waals surface area contributed by atoms with E-state index in [0.717, 1.165) is 54.8 Å². The molecule has 0 aliphatic carbocycles. The van der Waals surface area contributed by atoms with E-state index < -0.39 is 12.1 Å². The number of imidazole rings is 1. The van der Waals surface area contributed by atoms with Crippen LogP contribution in [0.1, 0.15) is 68.2 Å². The first-order chi connectivity index (χ1) is 15.0. The number of alkyl halides is 3. The van der Waals surface area contributed by atoms with Crippen LogP contribution in [-0.2, 0) is 12.6 Å². The van der Waals surface area contributed by atoms with Gasteiger partial charge in [-0.25, -0.2) is 4.98 Å². The Morgan fingerprint density at radius 3 is 2.77 bits per heavy atom. The summed E-state index contributed by atoms with van der Waals surface area (Å²) in [6.45, 7) is 4.15. The van der Waals surface area contributed by atoms with Crippen LogP contribution in [0.5, 0.6) is 0 Å². The van der Waals surface area contributed by atoms with E-state index in [1.54, 1.807) is 6.08 Å². The second kappa shape index (κ2) is 9.21. The van der Waals surface area contributed by atoms with Gasteiger partial charge in [0, 0.05) is 19.0 Å². The minimum atomic E-state index is -4.65. The van der Waals surface area contributed by atoms with Crippen LogP contribution in [0.3, 0.4) is 0 Å². The zero-order valence-electron chi connectivity index (χ0n) is 17.5. The maximum Gasteiger partial charge on any atom is 0.471 e. The summed E-state index contributed by atoms with van der Waals surface area (Å²) in [5.74, 6) is -0.361. The van der Waals surface area contributed by atoms with E-state index in [1.165, 1.54) is 25.3 Å². The molecule has 1 saturated heterocycles. The van der Waals surface area contributed by atoms with Gasteiger partial charge in [0.25, 0.3) is 0 Å². The molecular formula is C22H26F3N5O. The number of unbranched alkanes of at least 4 members (excludes halogenated alkanes) is 3. The molecule has 0 bridgehead atoms. The largest absolute Gasteiger partial charge is 0.471 e. The van der Waals surface area contributed by atoms with E-state index >= 15 is 0 Å². The summed E-state index contributed by atoms with van der Waals surface area (Å²) in [4.78, 5) is 8.27. The average molecular weight is 433 g/mol. The minimum Gasteiger partial charge on any atom is -0.329 e. The third kappa shape index (κ3) is 4.98. The normalized spacial score (nSPS) is 17.4. The van der Waals surface area contributed by atoms with Gasteiger partial charge in [0.2, 0.25) is 0 Å². The van der Waals surface area contributed by atoms with Crippen molar-refractivity contribution in [1.29, 1.82) is 0 Å². The Balaban J connectivity index is 1.58. The molecule has 3 aromatic rings. The number of aryl methyl sites for hydroxylation is 1. The fourth-order valence-electron chi connectivity index (χ4n) is 4.01. The molecule has 4 rings (SSSR count). The summed E-state index contributed by atoms with van der Waals surface area (Å²) in [6, 6.07) is 6.32. The lowest BCUT2D eigenvalue weighted by atomic mass is 10.1. The molecule has 2 aromatic heterocycles. The van der Waals surface area contributed by atoms with Gasteiger partial charge in [-0.15, -0.1) is 0 Å². The van der Waals surface area contributed by atoms with Crippen LogP contribution < -0.4 is 5.32 Å². The first-order valence-corrected chi connectivity index (χ1v) is 10.8. The summed E-state index contributed by atoms with van der Waals surface area (Å²) in [5, 5.41) is 6.79. The number of fused-ring (bicyclic) bond motifs is 1. The maximum absolute atomic E-state index is 12.6. The van der Waals surface area contributed by atoms with E-state index in [1.807, 2.05) is 18.2 Å². The molecule has 1 aliphatic rings. The molecule has 0 radical (unpaired) electrons. The van der Waals surface area contributed by atoms with E-state index in [4.69, 9.17) is 4.98 Å². The van der Waals surface area contributed by atoms with Crippen LogP contribution in [0, 0.1) is 0 Å². The van der Waals surface area contributed by atoms with Gasteiger partial charge in [-0.1, -0.05) is 43.5 Å². The number of hydrogen-bond donors (Lipinski definition) is 1. The lowest BCUT2D eigenvalue weighted by Crippen LogP contribution is -2.15. The van der Waals surface area contributed by atoms with Crippen LogP contribution in [0.15, 0.2) is 22.7 Å². The van der Waals surface area contributed by atoms with Gasteiger partial charge in [0.05, 0.1) is 11.0 Å². The molecule has 1 unspecified atom stereocenters. The van der Waals surface area contributed by atoms with Crippen molar-refractivity contribution in [2.24, 2.45) is 0 Å². The predicted octanol–water partition coefficient (Wildman–Crippen LogP) is 5.27. The number of nitrogens with one attached hydrogen (secondary N) is 1. The van der Waals surface area contributed by atoms with Gasteiger partial charge in [-0.2, -0.15) is 18.2 Å². The van der Waals surface area contributed by atoms with Gasteiger partial charge in [-0.05, 0) is 43.2 Å². The smallest absolute Gasteiger partial charge is 0.329 e. The number of hydrogen-bond acceptors (Lipinski definition) is 5. The van der Waals surface area contributed by atoms with Crippen LogP contribution >= 0.6 is 0 Å². The maximum atomic E-state index is 12.6. The highest BCUT2D eigenvalue weighted by molar-refractivity contribution is 5.81. The van der Waals surface area contributed by atoms with Crippen molar-refractivity contribution >= 4 is 23.2 Å². The molecule has 9 heteroatoms. The first-order valence-electron chi connectivity index (χ1n) is 10.8. The Morgan fingerprint density at radius 1 is 1.19 bits per heavy atom. The third-order valence-corrected chi connectivity index (χ3v) is 5.55. The third-order valence-electron chi connectivity index (χ3n) is 5.55.